The number of rotatable bonds is 2. The van der Waals surface area contributed by atoms with E-state index in [0.29, 0.717) is 23.7 Å². The first-order valence-electron chi connectivity index (χ1n) is 6.91. The lowest BCUT2D eigenvalue weighted by Gasteiger charge is -2.20. The first-order valence-corrected chi connectivity index (χ1v) is 8.72. The second-order valence-electron chi connectivity index (χ2n) is 5.22. The number of anilines is 1. The molecular weight excluding hydrogens is 320 g/mol. The SMILES string of the molecule is Cc1ccc(S(=O)(=O)N=C2CCc3c(Cl)cccc3N2)cc1. The first-order chi connectivity index (χ1) is 10.5. The third-order valence-corrected chi connectivity index (χ3v) is 5.24. The predicted molar refractivity (Wildman–Crippen MR) is 89.2 cm³/mol. The van der Waals surface area contributed by atoms with E-state index in [0.717, 1.165) is 16.8 Å². The highest BCUT2D eigenvalue weighted by molar-refractivity contribution is 7.90. The van der Waals surface area contributed by atoms with Gasteiger partial charge in [-0.2, -0.15) is 8.42 Å². The summed E-state index contributed by atoms with van der Waals surface area (Å²) in [6.07, 6.45) is 1.19. The van der Waals surface area contributed by atoms with Crippen LogP contribution >= 0.6 is 11.6 Å². The van der Waals surface area contributed by atoms with E-state index in [1.54, 1.807) is 24.3 Å². The normalized spacial score (nSPS) is 16.2. The molecule has 1 N–H and O–H groups in total. The number of sulfonamides is 1. The van der Waals surface area contributed by atoms with Gasteiger partial charge in [-0.05, 0) is 43.2 Å². The second kappa shape index (κ2) is 5.74. The van der Waals surface area contributed by atoms with Crippen molar-refractivity contribution >= 4 is 33.1 Å². The number of hydrogen-bond acceptors (Lipinski definition) is 2. The van der Waals surface area contributed by atoms with Crippen molar-refractivity contribution in [3.05, 3.63) is 58.6 Å². The topological polar surface area (TPSA) is 58.5 Å². The van der Waals surface area contributed by atoms with Gasteiger partial charge in [-0.25, -0.2) is 0 Å². The standard InChI is InChI=1S/C16H15ClN2O2S/c1-11-5-7-12(8-6-11)22(20,21)19-16-10-9-13-14(17)3-2-4-15(13)18-16/h2-8H,9-10H2,1H3,(H,18,19). The third-order valence-electron chi connectivity index (χ3n) is 3.56. The van der Waals surface area contributed by atoms with Crippen molar-refractivity contribution in [3.63, 3.8) is 0 Å². The Hall–Kier alpha value is -1.85. The highest BCUT2D eigenvalue weighted by Crippen LogP contribution is 2.29. The van der Waals surface area contributed by atoms with Crippen LogP contribution in [0.5, 0.6) is 0 Å². The minimum absolute atomic E-state index is 0.198. The average Bonchev–Trinajstić information content (AvgIpc) is 2.47. The number of hydrogen-bond donors (Lipinski definition) is 1. The van der Waals surface area contributed by atoms with Gasteiger partial charge in [-0.3, -0.25) is 0 Å². The Morgan fingerprint density at radius 2 is 1.82 bits per heavy atom. The van der Waals surface area contributed by atoms with Crippen LogP contribution in [0.4, 0.5) is 5.69 Å². The van der Waals surface area contributed by atoms with Gasteiger partial charge in [0, 0.05) is 17.1 Å². The summed E-state index contributed by atoms with van der Waals surface area (Å²) in [4.78, 5) is 0.198. The van der Waals surface area contributed by atoms with Crippen LogP contribution in [-0.2, 0) is 16.4 Å². The monoisotopic (exact) mass is 334 g/mol. The number of nitrogens with one attached hydrogen (secondary N) is 1. The molecule has 0 bridgehead atoms. The lowest BCUT2D eigenvalue weighted by molar-refractivity contribution is 0.598. The van der Waals surface area contributed by atoms with Crippen molar-refractivity contribution in [1.82, 2.24) is 0 Å². The molecule has 0 radical (unpaired) electrons. The van der Waals surface area contributed by atoms with Crippen LogP contribution in [-0.4, -0.2) is 14.3 Å². The smallest absolute Gasteiger partial charge is 0.283 e. The fourth-order valence-corrected chi connectivity index (χ4v) is 3.65. The van der Waals surface area contributed by atoms with E-state index in [2.05, 4.69) is 9.71 Å². The summed E-state index contributed by atoms with van der Waals surface area (Å²) in [6.45, 7) is 1.91. The number of nitrogens with zero attached hydrogens (tertiary/aromatic N) is 1. The summed E-state index contributed by atoms with van der Waals surface area (Å²) in [5, 5.41) is 3.75. The fraction of sp³-hybridized carbons (Fsp3) is 0.188. The summed E-state index contributed by atoms with van der Waals surface area (Å²) in [5.41, 5.74) is 2.82. The maximum atomic E-state index is 12.3. The molecule has 22 heavy (non-hydrogen) atoms. The Morgan fingerprint density at radius 1 is 1.09 bits per heavy atom. The number of benzene rings is 2. The molecule has 4 nitrogen and oxygen atoms in total. The van der Waals surface area contributed by atoms with Crippen LogP contribution in [0, 0.1) is 6.92 Å². The maximum Gasteiger partial charge on any atom is 0.283 e. The molecule has 1 heterocycles. The Balaban J connectivity index is 1.91. The van der Waals surface area contributed by atoms with Gasteiger partial charge in [0.1, 0.15) is 5.84 Å². The van der Waals surface area contributed by atoms with Crippen molar-refractivity contribution in [2.75, 3.05) is 5.32 Å². The minimum atomic E-state index is -3.70. The van der Waals surface area contributed by atoms with Crippen LogP contribution in [0.25, 0.3) is 0 Å². The molecule has 114 valence electrons. The molecule has 0 fully saturated rings. The molecule has 3 rings (SSSR count). The lowest BCUT2D eigenvalue weighted by Crippen LogP contribution is -2.21. The van der Waals surface area contributed by atoms with Crippen LogP contribution in [0.3, 0.4) is 0 Å². The Kier molecular flexibility index (Phi) is 3.93. The van der Waals surface area contributed by atoms with Gasteiger partial charge in [0.25, 0.3) is 10.0 Å². The van der Waals surface area contributed by atoms with Gasteiger partial charge in [-0.1, -0.05) is 35.4 Å². The molecule has 0 aliphatic carbocycles. The largest absolute Gasteiger partial charge is 0.343 e. The van der Waals surface area contributed by atoms with Gasteiger partial charge in [0.05, 0.1) is 4.90 Å². The molecule has 0 saturated heterocycles. The summed E-state index contributed by atoms with van der Waals surface area (Å²) in [7, 11) is -3.70. The zero-order valence-corrected chi connectivity index (χ0v) is 13.6. The molecule has 0 aromatic heterocycles. The fourth-order valence-electron chi connectivity index (χ4n) is 2.37. The Bertz CT molecular complexity index is 843. The van der Waals surface area contributed by atoms with Gasteiger partial charge in [0.15, 0.2) is 0 Å². The number of fused-ring (bicyclic) bond motifs is 1. The molecule has 6 heteroatoms. The van der Waals surface area contributed by atoms with E-state index in [1.807, 2.05) is 25.1 Å². The van der Waals surface area contributed by atoms with E-state index in [9.17, 15) is 8.42 Å². The van der Waals surface area contributed by atoms with Crippen molar-refractivity contribution in [2.45, 2.75) is 24.7 Å². The molecule has 2 aromatic rings. The number of amidine groups is 1. The van der Waals surface area contributed by atoms with Gasteiger partial charge in [-0.15, -0.1) is 4.40 Å². The summed E-state index contributed by atoms with van der Waals surface area (Å²) in [6, 6.07) is 12.2. The zero-order chi connectivity index (χ0) is 15.7. The van der Waals surface area contributed by atoms with Gasteiger partial charge < -0.3 is 5.32 Å². The maximum absolute atomic E-state index is 12.3. The van der Waals surface area contributed by atoms with Crippen molar-refractivity contribution < 1.29 is 8.42 Å². The highest BCUT2D eigenvalue weighted by atomic mass is 35.5. The molecule has 0 saturated carbocycles. The van der Waals surface area contributed by atoms with Crippen molar-refractivity contribution in [3.8, 4) is 0 Å². The van der Waals surface area contributed by atoms with Crippen molar-refractivity contribution in [1.29, 1.82) is 0 Å². The Morgan fingerprint density at radius 3 is 2.55 bits per heavy atom. The minimum Gasteiger partial charge on any atom is -0.343 e. The van der Waals surface area contributed by atoms with Crippen LogP contribution in [0.15, 0.2) is 51.8 Å². The van der Waals surface area contributed by atoms with Crippen LogP contribution in [0.1, 0.15) is 17.5 Å². The van der Waals surface area contributed by atoms with Gasteiger partial charge >= 0.3 is 0 Å². The number of halogens is 1. The molecule has 2 aromatic carbocycles. The quantitative estimate of drug-likeness (QED) is 0.908. The second-order valence-corrected chi connectivity index (χ2v) is 7.23. The summed E-state index contributed by atoms with van der Waals surface area (Å²) >= 11 is 6.14. The van der Waals surface area contributed by atoms with Gasteiger partial charge in [0.2, 0.25) is 0 Å². The summed E-state index contributed by atoms with van der Waals surface area (Å²) in [5.74, 6) is 0.440. The van der Waals surface area contributed by atoms with Crippen molar-refractivity contribution in [2.24, 2.45) is 4.40 Å². The first kappa shape index (κ1) is 15.1. The van der Waals surface area contributed by atoms with Crippen LogP contribution in [0.2, 0.25) is 5.02 Å². The van der Waals surface area contributed by atoms with E-state index in [1.165, 1.54) is 0 Å². The predicted octanol–water partition coefficient (Wildman–Crippen LogP) is 3.79. The van der Waals surface area contributed by atoms with E-state index < -0.39 is 10.0 Å². The van der Waals surface area contributed by atoms with E-state index >= 15 is 0 Å². The molecule has 0 atom stereocenters. The molecule has 1 aliphatic rings. The number of aryl methyl sites for hydroxylation is 1. The molecule has 1 aliphatic heterocycles. The molecule has 0 amide bonds. The molecular formula is C16H15ClN2O2S. The average molecular weight is 335 g/mol. The summed E-state index contributed by atoms with van der Waals surface area (Å²) < 4.78 is 28.6. The zero-order valence-electron chi connectivity index (χ0n) is 12.0. The molecule has 0 unspecified atom stereocenters. The van der Waals surface area contributed by atoms with E-state index in [4.69, 9.17) is 11.6 Å². The Labute approximate surface area is 134 Å². The lowest BCUT2D eigenvalue weighted by atomic mass is 10.0. The highest BCUT2D eigenvalue weighted by Gasteiger charge is 2.19. The van der Waals surface area contributed by atoms with E-state index in [-0.39, 0.29) is 4.90 Å². The third kappa shape index (κ3) is 3.00. The molecule has 0 spiro atoms. The van der Waals surface area contributed by atoms with Crippen LogP contribution < -0.4 is 5.32 Å².